The molecule has 2 aromatic carbocycles. The highest BCUT2D eigenvalue weighted by atomic mass is 32.2. The van der Waals surface area contributed by atoms with E-state index in [-0.39, 0.29) is 5.56 Å². The molecular formula is C22H21N3OS. The molecule has 136 valence electrons. The zero-order valence-electron chi connectivity index (χ0n) is 15.7. The predicted molar refractivity (Wildman–Crippen MR) is 109 cm³/mol. The summed E-state index contributed by atoms with van der Waals surface area (Å²) in [5.74, 6) is 0.659. The Balaban J connectivity index is 1.84. The Labute approximate surface area is 163 Å². The van der Waals surface area contributed by atoms with E-state index in [9.17, 15) is 4.79 Å². The average Bonchev–Trinajstić information content (AvgIpc) is 2.67. The van der Waals surface area contributed by atoms with Gasteiger partial charge in [0, 0.05) is 30.5 Å². The number of aryl methyl sites for hydroxylation is 2. The lowest BCUT2D eigenvalue weighted by Gasteiger charge is -2.12. The summed E-state index contributed by atoms with van der Waals surface area (Å²) in [6, 6.07) is 17.8. The molecule has 0 atom stereocenters. The monoisotopic (exact) mass is 375 g/mol. The molecule has 0 saturated heterocycles. The van der Waals surface area contributed by atoms with Crippen LogP contribution in [0.1, 0.15) is 33.5 Å². The first-order valence-corrected chi connectivity index (χ1v) is 9.70. The van der Waals surface area contributed by atoms with E-state index < -0.39 is 0 Å². The Bertz CT molecular complexity index is 1080. The Morgan fingerprint density at radius 3 is 2.59 bits per heavy atom. The van der Waals surface area contributed by atoms with Gasteiger partial charge in [-0.2, -0.15) is 5.26 Å². The molecule has 0 saturated carbocycles. The SMILES string of the molecule is Cc1cccc(Cc2c(C)nc(SCc3cccc(C#N)c3)n(C)c2=O)c1. The predicted octanol–water partition coefficient (Wildman–Crippen LogP) is 4.15. The Hall–Kier alpha value is -2.84. The average molecular weight is 375 g/mol. The molecule has 1 heterocycles. The first-order chi connectivity index (χ1) is 13.0. The van der Waals surface area contributed by atoms with Gasteiger partial charge < -0.3 is 0 Å². The van der Waals surface area contributed by atoms with Crippen molar-refractivity contribution >= 4 is 11.8 Å². The lowest BCUT2D eigenvalue weighted by Crippen LogP contribution is -2.25. The third-order valence-corrected chi connectivity index (χ3v) is 5.54. The second kappa shape index (κ2) is 8.24. The molecule has 1 aromatic heterocycles. The molecule has 0 aliphatic heterocycles. The number of hydrogen-bond donors (Lipinski definition) is 0. The van der Waals surface area contributed by atoms with E-state index in [0.29, 0.717) is 22.9 Å². The normalized spacial score (nSPS) is 10.6. The summed E-state index contributed by atoms with van der Waals surface area (Å²) in [5, 5.41) is 9.71. The Kier molecular flexibility index (Phi) is 5.78. The fraction of sp³-hybridized carbons (Fsp3) is 0.227. The minimum absolute atomic E-state index is 0.00252. The fourth-order valence-electron chi connectivity index (χ4n) is 2.97. The second-order valence-corrected chi connectivity index (χ2v) is 7.53. The van der Waals surface area contributed by atoms with Crippen molar-refractivity contribution < 1.29 is 0 Å². The molecule has 0 aliphatic rings. The van der Waals surface area contributed by atoms with Crippen molar-refractivity contribution in [1.29, 1.82) is 5.26 Å². The van der Waals surface area contributed by atoms with E-state index in [1.807, 2.05) is 50.2 Å². The van der Waals surface area contributed by atoms with E-state index in [0.717, 1.165) is 22.4 Å². The molecule has 0 aliphatic carbocycles. The van der Waals surface area contributed by atoms with Crippen molar-refractivity contribution in [3.05, 3.63) is 92.4 Å². The topological polar surface area (TPSA) is 58.7 Å². The van der Waals surface area contributed by atoms with Crippen LogP contribution in [0.25, 0.3) is 0 Å². The standard InChI is InChI=1S/C22H21N3OS/c1-15-6-4-7-17(10-15)12-20-16(2)24-22(25(3)21(20)26)27-14-19-9-5-8-18(11-19)13-23/h4-11H,12,14H2,1-3H3. The zero-order valence-corrected chi connectivity index (χ0v) is 16.5. The maximum absolute atomic E-state index is 12.9. The van der Waals surface area contributed by atoms with Gasteiger partial charge in [-0.3, -0.25) is 9.36 Å². The van der Waals surface area contributed by atoms with Gasteiger partial charge in [-0.05, 0) is 37.1 Å². The molecular weight excluding hydrogens is 354 g/mol. The van der Waals surface area contributed by atoms with Gasteiger partial charge in [0.1, 0.15) is 0 Å². The number of aromatic nitrogens is 2. The van der Waals surface area contributed by atoms with Crippen molar-refractivity contribution in [2.45, 2.75) is 31.2 Å². The van der Waals surface area contributed by atoms with Crippen LogP contribution in [0, 0.1) is 25.2 Å². The number of thioether (sulfide) groups is 1. The molecule has 4 nitrogen and oxygen atoms in total. The highest BCUT2D eigenvalue weighted by molar-refractivity contribution is 7.98. The molecule has 0 spiro atoms. The zero-order chi connectivity index (χ0) is 19.4. The van der Waals surface area contributed by atoms with Gasteiger partial charge in [-0.15, -0.1) is 0 Å². The van der Waals surface area contributed by atoms with Crippen LogP contribution in [0.3, 0.4) is 0 Å². The van der Waals surface area contributed by atoms with Crippen LogP contribution < -0.4 is 5.56 Å². The van der Waals surface area contributed by atoms with Crippen LogP contribution in [-0.2, 0) is 19.2 Å². The quantitative estimate of drug-likeness (QED) is 0.496. The lowest BCUT2D eigenvalue weighted by molar-refractivity contribution is 0.683. The van der Waals surface area contributed by atoms with E-state index >= 15 is 0 Å². The van der Waals surface area contributed by atoms with Gasteiger partial charge in [0.15, 0.2) is 5.16 Å². The summed E-state index contributed by atoms with van der Waals surface area (Å²) < 4.78 is 1.62. The first-order valence-electron chi connectivity index (χ1n) is 8.72. The van der Waals surface area contributed by atoms with Gasteiger partial charge >= 0.3 is 0 Å². The minimum Gasteiger partial charge on any atom is -0.291 e. The third-order valence-electron chi connectivity index (χ3n) is 4.44. The van der Waals surface area contributed by atoms with E-state index in [1.54, 1.807) is 17.7 Å². The van der Waals surface area contributed by atoms with E-state index in [2.05, 4.69) is 17.1 Å². The van der Waals surface area contributed by atoms with Crippen LogP contribution in [0.15, 0.2) is 58.5 Å². The summed E-state index contributed by atoms with van der Waals surface area (Å²) in [4.78, 5) is 17.5. The smallest absolute Gasteiger partial charge is 0.257 e. The maximum atomic E-state index is 12.9. The molecule has 0 bridgehead atoms. The first kappa shape index (κ1) is 18.9. The van der Waals surface area contributed by atoms with Gasteiger partial charge in [-0.1, -0.05) is 53.7 Å². The number of hydrogen-bond acceptors (Lipinski definition) is 4. The van der Waals surface area contributed by atoms with Crippen LogP contribution in [0.5, 0.6) is 0 Å². The number of rotatable bonds is 5. The number of nitrogens with zero attached hydrogens (tertiary/aromatic N) is 3. The number of nitriles is 1. The molecule has 5 heteroatoms. The Morgan fingerprint density at radius 1 is 1.11 bits per heavy atom. The van der Waals surface area contributed by atoms with Crippen molar-refractivity contribution in [2.24, 2.45) is 7.05 Å². The van der Waals surface area contributed by atoms with E-state index in [1.165, 1.54) is 17.3 Å². The van der Waals surface area contributed by atoms with Crippen molar-refractivity contribution in [3.8, 4) is 6.07 Å². The number of benzene rings is 2. The Morgan fingerprint density at radius 2 is 1.85 bits per heavy atom. The summed E-state index contributed by atoms with van der Waals surface area (Å²) in [7, 11) is 1.77. The maximum Gasteiger partial charge on any atom is 0.257 e. The summed E-state index contributed by atoms with van der Waals surface area (Å²) in [5.41, 5.74) is 5.48. The molecule has 0 unspecified atom stereocenters. The third kappa shape index (κ3) is 4.47. The van der Waals surface area contributed by atoms with Gasteiger partial charge in [0.2, 0.25) is 0 Å². The molecule has 3 rings (SSSR count). The van der Waals surface area contributed by atoms with Gasteiger partial charge in [-0.25, -0.2) is 4.98 Å². The van der Waals surface area contributed by atoms with Crippen molar-refractivity contribution in [2.75, 3.05) is 0 Å². The van der Waals surface area contributed by atoms with Crippen LogP contribution >= 0.6 is 11.8 Å². The summed E-state index contributed by atoms with van der Waals surface area (Å²) in [6.07, 6.45) is 0.586. The largest absolute Gasteiger partial charge is 0.291 e. The molecule has 0 N–H and O–H groups in total. The molecule has 0 fully saturated rings. The molecule has 3 aromatic rings. The highest BCUT2D eigenvalue weighted by Crippen LogP contribution is 2.21. The van der Waals surface area contributed by atoms with Crippen molar-refractivity contribution in [3.63, 3.8) is 0 Å². The van der Waals surface area contributed by atoms with Crippen LogP contribution in [0.4, 0.5) is 0 Å². The summed E-state index contributed by atoms with van der Waals surface area (Å²) >= 11 is 1.51. The molecule has 0 amide bonds. The molecule has 27 heavy (non-hydrogen) atoms. The van der Waals surface area contributed by atoms with Crippen LogP contribution in [0.2, 0.25) is 0 Å². The fourth-order valence-corrected chi connectivity index (χ4v) is 3.92. The lowest BCUT2D eigenvalue weighted by atomic mass is 10.0. The van der Waals surface area contributed by atoms with Crippen LogP contribution in [-0.4, -0.2) is 9.55 Å². The highest BCUT2D eigenvalue weighted by Gasteiger charge is 2.13. The van der Waals surface area contributed by atoms with E-state index in [4.69, 9.17) is 5.26 Å². The second-order valence-electron chi connectivity index (χ2n) is 6.59. The molecule has 0 radical (unpaired) electrons. The van der Waals surface area contributed by atoms with Gasteiger partial charge in [0.25, 0.3) is 5.56 Å². The summed E-state index contributed by atoms with van der Waals surface area (Å²) in [6.45, 7) is 3.95. The van der Waals surface area contributed by atoms with Crippen molar-refractivity contribution in [1.82, 2.24) is 9.55 Å². The van der Waals surface area contributed by atoms with Gasteiger partial charge in [0.05, 0.1) is 11.6 Å². The minimum atomic E-state index is -0.00252.